The maximum Gasteiger partial charge on any atom is 0.255 e. The first-order valence-electron chi connectivity index (χ1n) is 19.4. The number of ether oxygens (including phenoxy) is 2. The number of fused-ring (bicyclic) bond motifs is 4. The highest BCUT2D eigenvalue weighted by atomic mass is 19.1. The van der Waals surface area contributed by atoms with Crippen LogP contribution < -0.4 is 19.7 Å². The van der Waals surface area contributed by atoms with Gasteiger partial charge >= 0.3 is 0 Å². The average Bonchev–Trinajstić information content (AvgIpc) is 3.87. The van der Waals surface area contributed by atoms with E-state index >= 15 is 0 Å². The van der Waals surface area contributed by atoms with Gasteiger partial charge in [0.1, 0.15) is 42.3 Å². The molecule has 4 aromatic carbocycles. The van der Waals surface area contributed by atoms with E-state index in [1.54, 1.807) is 11.0 Å². The normalized spacial score (nSPS) is 23.5. The summed E-state index contributed by atoms with van der Waals surface area (Å²) in [6.45, 7) is 9.94. The predicted molar refractivity (Wildman–Crippen MR) is 207 cm³/mol. The van der Waals surface area contributed by atoms with E-state index in [1.165, 1.54) is 12.1 Å². The van der Waals surface area contributed by atoms with Crippen molar-refractivity contribution in [2.75, 3.05) is 50.8 Å². The number of anilines is 1. The lowest BCUT2D eigenvalue weighted by molar-refractivity contribution is -0.126. The number of carbonyl (C=O) groups excluding carboxylic acids is 2. The van der Waals surface area contributed by atoms with E-state index in [-0.39, 0.29) is 29.4 Å². The number of carbonyl (C=O) groups is 2. The molecule has 9 rings (SSSR count). The smallest absolute Gasteiger partial charge is 0.255 e. The lowest BCUT2D eigenvalue weighted by atomic mass is 9.87. The summed E-state index contributed by atoms with van der Waals surface area (Å²) in [7, 11) is 0. The summed E-state index contributed by atoms with van der Waals surface area (Å²) in [6, 6.07) is 26.7. The molecule has 5 aliphatic rings. The number of benzene rings is 4. The van der Waals surface area contributed by atoms with Crippen LogP contribution >= 0.6 is 0 Å². The van der Waals surface area contributed by atoms with Crippen LogP contribution in [0.25, 0.3) is 0 Å². The highest BCUT2D eigenvalue weighted by Crippen LogP contribution is 2.40. The Kier molecular flexibility index (Phi) is 9.43. The largest absolute Gasteiger partial charge is 0.508 e. The zero-order chi connectivity index (χ0) is 37.6. The number of piperidine rings is 1. The third kappa shape index (κ3) is 7.02. The lowest BCUT2D eigenvalue weighted by Gasteiger charge is -2.39. The summed E-state index contributed by atoms with van der Waals surface area (Å²) in [5.41, 5.74) is 6.58. The molecule has 11 heteroatoms. The Balaban J connectivity index is 0.746. The molecular weight excluding hydrogens is 698 g/mol. The van der Waals surface area contributed by atoms with Crippen LogP contribution in [0.5, 0.6) is 17.2 Å². The number of phenolic OH excluding ortho intramolecular Hbond substituents is 1. The molecule has 0 radical (unpaired) electrons. The van der Waals surface area contributed by atoms with E-state index in [4.69, 9.17) is 9.47 Å². The van der Waals surface area contributed by atoms with Gasteiger partial charge in [-0.25, -0.2) is 4.39 Å². The third-order valence-electron chi connectivity index (χ3n) is 12.1. The average molecular weight is 744 g/mol. The number of aromatic hydroxyl groups is 1. The van der Waals surface area contributed by atoms with Crippen molar-refractivity contribution in [1.29, 1.82) is 0 Å². The molecule has 3 fully saturated rings. The van der Waals surface area contributed by atoms with E-state index in [0.717, 1.165) is 85.0 Å². The first-order chi connectivity index (χ1) is 26.8. The number of likely N-dealkylation sites (tertiary alicyclic amines) is 2. The second kappa shape index (κ2) is 14.7. The fraction of sp³-hybridized carbons (Fsp3) is 0.364. The van der Waals surface area contributed by atoms with Crippen LogP contribution in [0.3, 0.4) is 0 Å². The van der Waals surface area contributed by atoms with Crippen molar-refractivity contribution >= 4 is 17.5 Å². The summed E-state index contributed by atoms with van der Waals surface area (Å²) < 4.78 is 26.2. The van der Waals surface area contributed by atoms with E-state index in [2.05, 4.69) is 38.7 Å². The van der Waals surface area contributed by atoms with Gasteiger partial charge in [-0.3, -0.25) is 19.4 Å². The van der Waals surface area contributed by atoms with Crippen LogP contribution in [0.15, 0.2) is 97.2 Å². The number of halogens is 1. The Morgan fingerprint density at radius 1 is 0.800 bits per heavy atom. The summed E-state index contributed by atoms with van der Waals surface area (Å²) in [5, 5.41) is 12.9. The lowest BCUT2D eigenvalue weighted by Crippen LogP contribution is -2.49. The second-order valence-electron chi connectivity index (χ2n) is 15.4. The number of nitrogens with zero attached hydrogens (tertiary/aromatic N) is 4. The monoisotopic (exact) mass is 743 g/mol. The van der Waals surface area contributed by atoms with Crippen molar-refractivity contribution in [1.82, 2.24) is 20.0 Å². The Hall–Kier alpha value is -5.39. The second-order valence-corrected chi connectivity index (χ2v) is 15.4. The van der Waals surface area contributed by atoms with Crippen molar-refractivity contribution in [3.05, 3.63) is 131 Å². The Labute approximate surface area is 320 Å². The van der Waals surface area contributed by atoms with Gasteiger partial charge < -0.3 is 29.7 Å². The minimum absolute atomic E-state index is 0.0684. The molecule has 2 bridgehead atoms. The van der Waals surface area contributed by atoms with E-state index in [9.17, 15) is 19.1 Å². The highest BCUT2D eigenvalue weighted by Gasteiger charge is 2.43. The van der Waals surface area contributed by atoms with Crippen molar-refractivity contribution in [3.8, 4) is 17.2 Å². The first-order valence-corrected chi connectivity index (χ1v) is 19.4. The molecule has 4 aromatic rings. The number of piperazine rings is 1. The standard InChI is InChI=1S/C44H46FN5O5/c1-28-2-15-41(43(52)46-28)50-25-31-23-38(12-14-40(31)44(50)53)55-21-19-48-27-34-24-35(48)26-47(34)18-20-54-37-10-3-29(4-11-37)42-39-13-9-36(51)22-30(39)16-17-49(42)33-7-5-32(45)6-8-33/h3-14,22-23,34-35,41-42,51H,1-2,15-21,24-27H2,(H,46,52)/t34-,35-,41-,42?/m0/s1. The predicted octanol–water partition coefficient (Wildman–Crippen LogP) is 5.65. The molecule has 55 heavy (non-hydrogen) atoms. The summed E-state index contributed by atoms with van der Waals surface area (Å²) >= 11 is 0. The summed E-state index contributed by atoms with van der Waals surface area (Å²) in [6.07, 6.45) is 3.22. The SMILES string of the molecule is C=C1CC[C@H](N2Cc3cc(OCCN4C[C@@H]5C[C@H]4CN5CCOc4ccc(C5c6ccc(O)cc6CCN5c5ccc(F)cc5)cc4)ccc3C2=O)C(=O)N1. The van der Waals surface area contributed by atoms with E-state index < -0.39 is 6.04 Å². The van der Waals surface area contributed by atoms with Crippen LogP contribution in [0, 0.1) is 5.82 Å². The van der Waals surface area contributed by atoms with Crippen molar-refractivity contribution in [2.24, 2.45) is 0 Å². The molecule has 5 aliphatic heterocycles. The zero-order valence-electron chi connectivity index (χ0n) is 30.8. The maximum absolute atomic E-state index is 13.8. The zero-order valence-corrected chi connectivity index (χ0v) is 30.8. The Bertz CT molecular complexity index is 2110. The van der Waals surface area contributed by atoms with Gasteiger partial charge in [0, 0.05) is 68.3 Å². The number of rotatable bonds is 11. The number of hydrogen-bond acceptors (Lipinski definition) is 8. The van der Waals surface area contributed by atoms with Crippen molar-refractivity contribution in [2.45, 2.75) is 56.4 Å². The summed E-state index contributed by atoms with van der Waals surface area (Å²) in [5.74, 6) is 1.33. The van der Waals surface area contributed by atoms with Crippen LogP contribution in [-0.4, -0.2) is 95.7 Å². The highest BCUT2D eigenvalue weighted by molar-refractivity contribution is 6.01. The van der Waals surface area contributed by atoms with Gasteiger partial charge in [-0.05, 0) is 115 Å². The summed E-state index contributed by atoms with van der Waals surface area (Å²) in [4.78, 5) is 34.6. The topological polar surface area (TPSA) is 97.8 Å². The van der Waals surface area contributed by atoms with Gasteiger partial charge in [0.05, 0.1) is 6.04 Å². The molecule has 3 saturated heterocycles. The van der Waals surface area contributed by atoms with Gasteiger partial charge in [-0.1, -0.05) is 24.8 Å². The van der Waals surface area contributed by atoms with Crippen LogP contribution in [0.1, 0.15) is 57.9 Å². The van der Waals surface area contributed by atoms with Crippen LogP contribution in [0.4, 0.5) is 10.1 Å². The third-order valence-corrected chi connectivity index (χ3v) is 12.1. The van der Waals surface area contributed by atoms with Crippen molar-refractivity contribution < 1.29 is 28.6 Å². The number of hydrogen-bond donors (Lipinski definition) is 2. The minimum Gasteiger partial charge on any atom is -0.508 e. The Morgan fingerprint density at radius 3 is 2.22 bits per heavy atom. The molecule has 2 amide bonds. The van der Waals surface area contributed by atoms with Crippen LogP contribution in [-0.2, 0) is 17.8 Å². The van der Waals surface area contributed by atoms with Gasteiger partial charge in [0.25, 0.3) is 5.91 Å². The molecule has 0 aromatic heterocycles. The molecule has 4 atom stereocenters. The molecular formula is C44H46FN5O5. The van der Waals surface area contributed by atoms with Crippen molar-refractivity contribution in [3.63, 3.8) is 0 Å². The quantitative estimate of drug-likeness (QED) is 0.204. The molecule has 0 spiro atoms. The number of phenols is 1. The molecule has 0 aliphatic carbocycles. The Morgan fingerprint density at radius 2 is 1.51 bits per heavy atom. The first kappa shape index (κ1) is 35.3. The molecule has 284 valence electrons. The minimum atomic E-state index is -0.468. The maximum atomic E-state index is 13.8. The van der Waals surface area contributed by atoms with Gasteiger partial charge in [0.15, 0.2) is 0 Å². The van der Waals surface area contributed by atoms with Gasteiger partial charge in [-0.15, -0.1) is 0 Å². The molecule has 10 nitrogen and oxygen atoms in total. The fourth-order valence-corrected chi connectivity index (χ4v) is 9.29. The molecule has 1 unspecified atom stereocenters. The van der Waals surface area contributed by atoms with Crippen LogP contribution in [0.2, 0.25) is 0 Å². The molecule has 0 saturated carbocycles. The number of allylic oxidation sites excluding steroid dienone is 1. The molecule has 5 heterocycles. The fourth-order valence-electron chi connectivity index (χ4n) is 9.29. The van der Waals surface area contributed by atoms with Gasteiger partial charge in [-0.2, -0.15) is 0 Å². The number of amides is 2. The molecule has 2 N–H and O–H groups in total. The van der Waals surface area contributed by atoms with E-state index in [0.29, 0.717) is 55.9 Å². The number of nitrogens with one attached hydrogen (secondary N) is 1. The van der Waals surface area contributed by atoms with E-state index in [1.807, 2.05) is 54.6 Å². The van der Waals surface area contributed by atoms with Gasteiger partial charge in [0.2, 0.25) is 5.91 Å².